The van der Waals surface area contributed by atoms with E-state index in [1.807, 2.05) is 0 Å². The van der Waals surface area contributed by atoms with Gasteiger partial charge in [0.05, 0.1) is 0 Å². The van der Waals surface area contributed by atoms with Crippen molar-refractivity contribution in [3.63, 3.8) is 0 Å². The van der Waals surface area contributed by atoms with Crippen molar-refractivity contribution in [2.24, 2.45) is 0 Å². The van der Waals surface area contributed by atoms with Crippen molar-refractivity contribution in [3.05, 3.63) is 0 Å². The van der Waals surface area contributed by atoms with Gasteiger partial charge in [0, 0.05) is 30.7 Å². The lowest BCUT2D eigenvalue weighted by Crippen LogP contribution is -2.54. The lowest BCUT2D eigenvalue weighted by molar-refractivity contribution is 0.146. The zero-order valence-corrected chi connectivity index (χ0v) is 12.7. The molecule has 1 saturated carbocycles. The number of hydrogen-bond donors (Lipinski definition) is 2. The van der Waals surface area contributed by atoms with Gasteiger partial charge in [-0.1, -0.05) is 19.3 Å². The number of amides is 2. The Hall–Kier alpha value is -0.770. The van der Waals surface area contributed by atoms with Crippen molar-refractivity contribution < 1.29 is 4.79 Å². The molecule has 0 aromatic rings. The second-order valence-electron chi connectivity index (χ2n) is 6.83. The molecule has 2 unspecified atom stereocenters. The van der Waals surface area contributed by atoms with Crippen LogP contribution in [0, 0.1) is 0 Å². The third-order valence-corrected chi connectivity index (χ3v) is 5.42. The lowest BCUT2D eigenvalue weighted by atomic mass is 9.95. The molecule has 3 aliphatic rings. The zero-order valence-electron chi connectivity index (χ0n) is 12.7. The summed E-state index contributed by atoms with van der Waals surface area (Å²) in [6.07, 6.45) is 11.1. The zero-order chi connectivity index (χ0) is 13.9. The normalized spacial score (nSPS) is 34.0. The van der Waals surface area contributed by atoms with Gasteiger partial charge in [-0.3, -0.25) is 0 Å². The van der Waals surface area contributed by atoms with E-state index in [-0.39, 0.29) is 6.03 Å². The third-order valence-electron chi connectivity index (χ3n) is 5.42. The van der Waals surface area contributed by atoms with Crippen LogP contribution in [0.25, 0.3) is 0 Å². The molecule has 2 aliphatic heterocycles. The summed E-state index contributed by atoms with van der Waals surface area (Å²) >= 11 is 0. The molecule has 3 rings (SSSR count). The highest BCUT2D eigenvalue weighted by molar-refractivity contribution is 5.75. The third kappa shape index (κ3) is 3.11. The Kier molecular flexibility index (Phi) is 4.49. The first-order valence-corrected chi connectivity index (χ1v) is 8.59. The number of nitrogens with one attached hydrogen (secondary N) is 2. The Morgan fingerprint density at radius 2 is 1.75 bits per heavy atom. The second-order valence-corrected chi connectivity index (χ2v) is 6.83. The van der Waals surface area contributed by atoms with Gasteiger partial charge < -0.3 is 15.5 Å². The van der Waals surface area contributed by atoms with E-state index in [0.29, 0.717) is 24.2 Å². The quantitative estimate of drug-likeness (QED) is 0.834. The van der Waals surface area contributed by atoms with Crippen LogP contribution in [0.1, 0.15) is 64.7 Å². The SMILES string of the molecule is CCN(C(=O)NC1CCCCC1)C1CC2CCC(C1)N2. The maximum atomic E-state index is 12.6. The topological polar surface area (TPSA) is 44.4 Å². The summed E-state index contributed by atoms with van der Waals surface area (Å²) in [5.41, 5.74) is 0. The van der Waals surface area contributed by atoms with Gasteiger partial charge in [-0.05, 0) is 45.4 Å². The minimum atomic E-state index is 0.186. The summed E-state index contributed by atoms with van der Waals surface area (Å²) < 4.78 is 0. The fourth-order valence-corrected chi connectivity index (χ4v) is 4.35. The predicted molar refractivity (Wildman–Crippen MR) is 80.8 cm³/mol. The molecular weight excluding hydrogens is 250 g/mol. The van der Waals surface area contributed by atoms with Crippen LogP contribution in [0.5, 0.6) is 0 Å². The first-order chi connectivity index (χ1) is 9.76. The van der Waals surface area contributed by atoms with Gasteiger partial charge in [0.2, 0.25) is 0 Å². The van der Waals surface area contributed by atoms with E-state index in [4.69, 9.17) is 0 Å². The van der Waals surface area contributed by atoms with Crippen molar-refractivity contribution in [1.82, 2.24) is 15.5 Å². The molecule has 2 amide bonds. The number of piperidine rings is 1. The standard InChI is InChI=1S/C16H29N3O/c1-2-19(15-10-13-8-9-14(11-15)17-13)16(20)18-12-6-4-3-5-7-12/h12-15,17H,2-11H2,1H3,(H,18,20). The fraction of sp³-hybridized carbons (Fsp3) is 0.938. The summed E-state index contributed by atoms with van der Waals surface area (Å²) in [5.74, 6) is 0. The Morgan fingerprint density at radius 1 is 1.10 bits per heavy atom. The Labute approximate surface area is 122 Å². The molecule has 4 nitrogen and oxygen atoms in total. The molecule has 2 heterocycles. The minimum absolute atomic E-state index is 0.186. The van der Waals surface area contributed by atoms with E-state index in [1.165, 1.54) is 44.9 Å². The first-order valence-electron chi connectivity index (χ1n) is 8.59. The maximum Gasteiger partial charge on any atom is 0.317 e. The second kappa shape index (κ2) is 6.33. The van der Waals surface area contributed by atoms with Gasteiger partial charge in [0.15, 0.2) is 0 Å². The van der Waals surface area contributed by atoms with Crippen LogP contribution in [0.3, 0.4) is 0 Å². The number of rotatable bonds is 3. The Morgan fingerprint density at radius 3 is 2.35 bits per heavy atom. The molecule has 2 bridgehead atoms. The van der Waals surface area contributed by atoms with Crippen LogP contribution in [-0.2, 0) is 0 Å². The van der Waals surface area contributed by atoms with E-state index in [9.17, 15) is 4.79 Å². The molecule has 2 saturated heterocycles. The van der Waals surface area contributed by atoms with E-state index in [1.54, 1.807) is 0 Å². The van der Waals surface area contributed by atoms with E-state index in [2.05, 4.69) is 22.5 Å². The largest absolute Gasteiger partial charge is 0.335 e. The molecule has 20 heavy (non-hydrogen) atoms. The fourth-order valence-electron chi connectivity index (χ4n) is 4.35. The molecule has 114 valence electrons. The summed E-state index contributed by atoms with van der Waals surface area (Å²) in [4.78, 5) is 14.7. The van der Waals surface area contributed by atoms with Gasteiger partial charge >= 0.3 is 6.03 Å². The van der Waals surface area contributed by atoms with Crippen molar-refractivity contribution in [1.29, 1.82) is 0 Å². The van der Waals surface area contributed by atoms with Crippen LogP contribution in [0.2, 0.25) is 0 Å². The molecule has 0 radical (unpaired) electrons. The monoisotopic (exact) mass is 279 g/mol. The molecule has 4 heteroatoms. The average Bonchev–Trinajstić information content (AvgIpc) is 2.80. The molecule has 2 N–H and O–H groups in total. The van der Waals surface area contributed by atoms with Crippen LogP contribution in [0.15, 0.2) is 0 Å². The van der Waals surface area contributed by atoms with Crippen molar-refractivity contribution in [3.8, 4) is 0 Å². The molecular formula is C16H29N3O. The van der Waals surface area contributed by atoms with E-state index in [0.717, 1.165) is 19.4 Å². The van der Waals surface area contributed by atoms with Crippen LogP contribution < -0.4 is 10.6 Å². The Bertz CT molecular complexity index is 329. The number of carbonyl (C=O) groups excluding carboxylic acids is 1. The lowest BCUT2D eigenvalue weighted by Gasteiger charge is -2.38. The highest BCUT2D eigenvalue weighted by Gasteiger charge is 2.37. The number of fused-ring (bicyclic) bond motifs is 2. The highest BCUT2D eigenvalue weighted by atomic mass is 16.2. The average molecular weight is 279 g/mol. The number of urea groups is 1. The van der Waals surface area contributed by atoms with Crippen LogP contribution >= 0.6 is 0 Å². The number of carbonyl (C=O) groups is 1. The van der Waals surface area contributed by atoms with Crippen molar-refractivity contribution in [2.75, 3.05) is 6.54 Å². The highest BCUT2D eigenvalue weighted by Crippen LogP contribution is 2.30. The summed E-state index contributed by atoms with van der Waals surface area (Å²) in [6, 6.07) is 2.35. The molecule has 3 fully saturated rings. The van der Waals surface area contributed by atoms with Crippen molar-refractivity contribution in [2.45, 2.75) is 88.9 Å². The van der Waals surface area contributed by atoms with E-state index < -0.39 is 0 Å². The Balaban J connectivity index is 1.56. The molecule has 0 aromatic carbocycles. The molecule has 1 aliphatic carbocycles. The van der Waals surface area contributed by atoms with E-state index >= 15 is 0 Å². The van der Waals surface area contributed by atoms with Gasteiger partial charge in [0.1, 0.15) is 0 Å². The van der Waals surface area contributed by atoms with Crippen LogP contribution in [0.4, 0.5) is 4.79 Å². The summed E-state index contributed by atoms with van der Waals surface area (Å²) in [7, 11) is 0. The minimum Gasteiger partial charge on any atom is -0.335 e. The summed E-state index contributed by atoms with van der Waals surface area (Å²) in [5, 5.41) is 6.94. The smallest absolute Gasteiger partial charge is 0.317 e. The van der Waals surface area contributed by atoms with Gasteiger partial charge in [0.25, 0.3) is 0 Å². The van der Waals surface area contributed by atoms with Gasteiger partial charge in [-0.25, -0.2) is 4.79 Å². The van der Waals surface area contributed by atoms with Gasteiger partial charge in [-0.15, -0.1) is 0 Å². The number of nitrogens with zero attached hydrogens (tertiary/aromatic N) is 1. The predicted octanol–water partition coefficient (Wildman–Crippen LogP) is 2.63. The summed E-state index contributed by atoms with van der Waals surface area (Å²) in [6.45, 7) is 2.95. The first kappa shape index (κ1) is 14.2. The number of hydrogen-bond acceptors (Lipinski definition) is 2. The van der Waals surface area contributed by atoms with Gasteiger partial charge in [-0.2, -0.15) is 0 Å². The van der Waals surface area contributed by atoms with Crippen molar-refractivity contribution >= 4 is 6.03 Å². The molecule has 0 spiro atoms. The maximum absolute atomic E-state index is 12.6. The van der Waals surface area contributed by atoms with Crippen LogP contribution in [-0.4, -0.2) is 41.6 Å². The molecule has 0 aromatic heterocycles. The molecule has 2 atom stereocenters.